The summed E-state index contributed by atoms with van der Waals surface area (Å²) in [6, 6.07) is 5.95. The third-order valence-corrected chi connectivity index (χ3v) is 4.16. The molecular weight excluding hydrogens is 360 g/mol. The van der Waals surface area contributed by atoms with Crippen LogP contribution >= 0.6 is 31.9 Å². The van der Waals surface area contributed by atoms with Gasteiger partial charge in [0.2, 0.25) is 0 Å². The summed E-state index contributed by atoms with van der Waals surface area (Å²) in [5.41, 5.74) is 0.712. The Morgan fingerprint density at radius 2 is 2.00 bits per heavy atom. The van der Waals surface area contributed by atoms with Crippen LogP contribution in [0.4, 0.5) is 0 Å². The van der Waals surface area contributed by atoms with Gasteiger partial charge in [0.05, 0.1) is 0 Å². The van der Waals surface area contributed by atoms with Crippen LogP contribution in [-0.2, 0) is 0 Å². The number of likely N-dealkylation sites (N-methyl/N-ethyl adjacent to an activating group) is 1. The minimum absolute atomic E-state index is 0.0747. The second kappa shape index (κ2) is 6.17. The maximum Gasteiger partial charge on any atom is 0.253 e. The lowest BCUT2D eigenvalue weighted by molar-refractivity contribution is 0.0708. The molecule has 0 aliphatic carbocycles. The predicted octanol–water partition coefficient (Wildman–Crippen LogP) is 3.04. The largest absolute Gasteiger partial charge is 0.337 e. The molecule has 1 aromatic carbocycles. The second-order valence-corrected chi connectivity index (χ2v) is 6.41. The number of nitrogens with zero attached hydrogens (tertiary/aromatic N) is 1. The molecule has 0 aromatic heterocycles. The van der Waals surface area contributed by atoms with E-state index in [1.807, 2.05) is 30.1 Å². The van der Waals surface area contributed by atoms with E-state index < -0.39 is 0 Å². The molecule has 18 heavy (non-hydrogen) atoms. The molecule has 2 rings (SSSR count). The summed E-state index contributed by atoms with van der Waals surface area (Å²) in [5.74, 6) is 0.0747. The fourth-order valence-electron chi connectivity index (χ4n) is 2.21. The Kier molecular flexibility index (Phi) is 4.81. The van der Waals surface area contributed by atoms with Gasteiger partial charge in [-0.15, -0.1) is 0 Å². The summed E-state index contributed by atoms with van der Waals surface area (Å²) >= 11 is 6.83. The first kappa shape index (κ1) is 14.0. The standard InChI is InChI=1S/C13H16Br2N2O/c1-17(12-3-2-4-16-8-12)13(18)9-5-10(14)7-11(15)6-9/h5-7,12,16H,2-4,8H2,1H3. The van der Waals surface area contributed by atoms with Crippen molar-refractivity contribution >= 4 is 37.8 Å². The summed E-state index contributed by atoms with van der Waals surface area (Å²) in [7, 11) is 1.88. The zero-order valence-corrected chi connectivity index (χ0v) is 13.4. The molecule has 1 atom stereocenters. The van der Waals surface area contributed by atoms with Crippen molar-refractivity contribution in [2.24, 2.45) is 0 Å². The molecule has 5 heteroatoms. The van der Waals surface area contributed by atoms with E-state index in [4.69, 9.17) is 0 Å². The summed E-state index contributed by atoms with van der Waals surface area (Å²) < 4.78 is 1.82. The first-order chi connectivity index (χ1) is 8.58. The molecule has 1 fully saturated rings. The number of carbonyl (C=O) groups is 1. The van der Waals surface area contributed by atoms with Crippen LogP contribution in [0.3, 0.4) is 0 Å². The molecule has 0 radical (unpaired) electrons. The van der Waals surface area contributed by atoms with Crippen molar-refractivity contribution in [3.05, 3.63) is 32.7 Å². The summed E-state index contributed by atoms with van der Waals surface area (Å²) in [6.45, 7) is 1.94. The minimum Gasteiger partial charge on any atom is -0.337 e. The van der Waals surface area contributed by atoms with Gasteiger partial charge in [-0.05, 0) is 37.6 Å². The summed E-state index contributed by atoms with van der Waals surface area (Å²) in [5, 5.41) is 3.33. The highest BCUT2D eigenvalue weighted by molar-refractivity contribution is 9.11. The van der Waals surface area contributed by atoms with Gasteiger partial charge in [0.15, 0.2) is 0 Å². The number of piperidine rings is 1. The average molecular weight is 376 g/mol. The molecule has 0 bridgehead atoms. The SMILES string of the molecule is CN(C(=O)c1cc(Br)cc(Br)c1)C1CCCNC1. The smallest absolute Gasteiger partial charge is 0.253 e. The molecule has 3 nitrogen and oxygen atoms in total. The number of amides is 1. The zero-order chi connectivity index (χ0) is 13.1. The normalized spacial score (nSPS) is 19.6. The van der Waals surface area contributed by atoms with E-state index in [2.05, 4.69) is 37.2 Å². The number of hydrogen-bond acceptors (Lipinski definition) is 2. The number of nitrogens with one attached hydrogen (secondary N) is 1. The van der Waals surface area contributed by atoms with E-state index in [9.17, 15) is 4.79 Å². The molecular formula is C13H16Br2N2O. The first-order valence-electron chi connectivity index (χ1n) is 6.02. The maximum atomic E-state index is 12.4. The number of benzene rings is 1. The van der Waals surface area contributed by atoms with Crippen molar-refractivity contribution in [2.75, 3.05) is 20.1 Å². The Balaban J connectivity index is 2.14. The van der Waals surface area contributed by atoms with Gasteiger partial charge in [-0.1, -0.05) is 31.9 Å². The number of carbonyl (C=O) groups excluding carboxylic acids is 1. The number of halogens is 2. The van der Waals surface area contributed by atoms with Crippen LogP contribution in [0.15, 0.2) is 27.1 Å². The van der Waals surface area contributed by atoms with Crippen molar-refractivity contribution < 1.29 is 4.79 Å². The highest BCUT2D eigenvalue weighted by Crippen LogP contribution is 2.22. The van der Waals surface area contributed by atoms with Gasteiger partial charge in [0.1, 0.15) is 0 Å². The van der Waals surface area contributed by atoms with Gasteiger partial charge in [0.25, 0.3) is 5.91 Å². The molecule has 98 valence electrons. The van der Waals surface area contributed by atoms with Crippen molar-refractivity contribution in [1.82, 2.24) is 10.2 Å². The monoisotopic (exact) mass is 374 g/mol. The third-order valence-electron chi connectivity index (χ3n) is 3.25. The first-order valence-corrected chi connectivity index (χ1v) is 7.60. The van der Waals surface area contributed by atoms with Crippen LogP contribution in [0.2, 0.25) is 0 Å². The van der Waals surface area contributed by atoms with E-state index in [0.29, 0.717) is 11.6 Å². The molecule has 1 saturated heterocycles. The molecule has 1 N–H and O–H groups in total. The molecule has 1 heterocycles. The fourth-order valence-corrected chi connectivity index (χ4v) is 3.50. The molecule has 1 aliphatic heterocycles. The van der Waals surface area contributed by atoms with E-state index in [-0.39, 0.29) is 5.91 Å². The van der Waals surface area contributed by atoms with Gasteiger partial charge in [0, 0.05) is 34.1 Å². The topological polar surface area (TPSA) is 32.3 Å². The number of rotatable bonds is 2. The molecule has 1 unspecified atom stereocenters. The quantitative estimate of drug-likeness (QED) is 0.861. The van der Waals surface area contributed by atoms with Gasteiger partial charge in [-0.2, -0.15) is 0 Å². The summed E-state index contributed by atoms with van der Waals surface area (Å²) in [6.07, 6.45) is 2.20. The minimum atomic E-state index is 0.0747. The Bertz CT molecular complexity index is 424. The molecule has 0 saturated carbocycles. The highest BCUT2D eigenvalue weighted by Gasteiger charge is 2.23. The van der Waals surface area contributed by atoms with E-state index in [1.165, 1.54) is 0 Å². The number of hydrogen-bond donors (Lipinski definition) is 1. The molecule has 1 aliphatic rings. The van der Waals surface area contributed by atoms with Crippen molar-refractivity contribution in [2.45, 2.75) is 18.9 Å². The van der Waals surface area contributed by atoms with Crippen molar-refractivity contribution in [3.63, 3.8) is 0 Å². The third kappa shape index (κ3) is 3.33. The highest BCUT2D eigenvalue weighted by atomic mass is 79.9. The van der Waals surface area contributed by atoms with Crippen LogP contribution in [0.25, 0.3) is 0 Å². The average Bonchev–Trinajstić information content (AvgIpc) is 2.37. The van der Waals surface area contributed by atoms with E-state index in [1.54, 1.807) is 0 Å². The van der Waals surface area contributed by atoms with Crippen molar-refractivity contribution in [1.29, 1.82) is 0 Å². The van der Waals surface area contributed by atoms with Gasteiger partial charge >= 0.3 is 0 Å². The van der Waals surface area contributed by atoms with Crippen LogP contribution < -0.4 is 5.32 Å². The van der Waals surface area contributed by atoms with E-state index >= 15 is 0 Å². The van der Waals surface area contributed by atoms with Gasteiger partial charge in [-0.25, -0.2) is 0 Å². The van der Waals surface area contributed by atoms with Crippen LogP contribution in [0.5, 0.6) is 0 Å². The Hall–Kier alpha value is -0.390. The molecule has 0 spiro atoms. The fraction of sp³-hybridized carbons (Fsp3) is 0.462. The van der Waals surface area contributed by atoms with Crippen LogP contribution in [0, 0.1) is 0 Å². The molecule has 1 aromatic rings. The van der Waals surface area contributed by atoms with Gasteiger partial charge in [-0.3, -0.25) is 4.79 Å². The summed E-state index contributed by atoms with van der Waals surface area (Å²) in [4.78, 5) is 14.3. The predicted molar refractivity (Wildman–Crippen MR) is 79.8 cm³/mol. The van der Waals surface area contributed by atoms with Crippen LogP contribution in [-0.4, -0.2) is 37.0 Å². The van der Waals surface area contributed by atoms with Crippen molar-refractivity contribution in [3.8, 4) is 0 Å². The Labute approximate surface area is 124 Å². The van der Waals surface area contributed by atoms with E-state index in [0.717, 1.165) is 34.9 Å². The lowest BCUT2D eigenvalue weighted by atomic mass is 10.1. The molecule has 1 amide bonds. The lowest BCUT2D eigenvalue weighted by Gasteiger charge is -2.31. The zero-order valence-electron chi connectivity index (χ0n) is 10.2. The Morgan fingerprint density at radius 1 is 1.33 bits per heavy atom. The lowest BCUT2D eigenvalue weighted by Crippen LogP contribution is -2.46. The van der Waals surface area contributed by atoms with Gasteiger partial charge < -0.3 is 10.2 Å². The van der Waals surface area contributed by atoms with Crippen LogP contribution in [0.1, 0.15) is 23.2 Å². The Morgan fingerprint density at radius 3 is 2.56 bits per heavy atom. The second-order valence-electron chi connectivity index (χ2n) is 4.57. The maximum absolute atomic E-state index is 12.4.